The summed E-state index contributed by atoms with van der Waals surface area (Å²) in [7, 11) is 0. The van der Waals surface area contributed by atoms with Crippen LogP contribution < -0.4 is 0 Å². The Hall–Kier alpha value is 0.532. The predicted octanol–water partition coefficient (Wildman–Crippen LogP) is 4.30. The zero-order valence-corrected chi connectivity index (χ0v) is 10.4. The molecule has 0 aromatic rings. The van der Waals surface area contributed by atoms with Crippen LogP contribution in [0.4, 0.5) is 0 Å². The maximum atomic E-state index is 2.29. The second kappa shape index (κ2) is 7.89. The van der Waals surface area contributed by atoms with Crippen molar-refractivity contribution in [3.63, 3.8) is 0 Å². The van der Waals surface area contributed by atoms with Crippen molar-refractivity contribution in [3.8, 4) is 0 Å². The highest BCUT2D eigenvalue weighted by Gasteiger charge is 2.14. The number of hydrogen-bond donors (Lipinski definition) is 0. The van der Waals surface area contributed by atoms with Crippen molar-refractivity contribution in [2.75, 3.05) is 0 Å². The Labute approximate surface area is 90.2 Å². The molecule has 1 aliphatic heterocycles. The minimum atomic E-state index is 0.875. The molecule has 1 aliphatic rings. The Bertz CT molecular complexity index is 106. The molecule has 0 spiro atoms. The molecule has 75 valence electrons. The fourth-order valence-corrected chi connectivity index (χ4v) is 4.19. The molecular weight excluding hydrogens is 171 g/mol. The molecule has 0 nitrogen and oxygen atoms in total. The van der Waals surface area contributed by atoms with Gasteiger partial charge in [-0.3, -0.25) is 0 Å². The van der Waals surface area contributed by atoms with Gasteiger partial charge in [-0.1, -0.05) is 64.2 Å². The van der Waals surface area contributed by atoms with Crippen LogP contribution in [0.25, 0.3) is 0 Å². The zero-order chi connectivity index (χ0) is 9.36. The van der Waals surface area contributed by atoms with Gasteiger partial charge in [-0.15, -0.1) is 10.6 Å². The lowest BCUT2D eigenvalue weighted by Crippen LogP contribution is -1.92. The first kappa shape index (κ1) is 11.6. The molecule has 0 bridgehead atoms. The topological polar surface area (TPSA) is 0 Å². The van der Waals surface area contributed by atoms with Crippen molar-refractivity contribution in [1.82, 2.24) is 0 Å². The Balaban J connectivity index is 1.78. The fraction of sp³-hybridized carbons (Fsp3) is 1.00. The molecular formula is C12H24Al. The van der Waals surface area contributed by atoms with E-state index in [9.17, 15) is 0 Å². The molecule has 1 heterocycles. The molecule has 0 aromatic carbocycles. The van der Waals surface area contributed by atoms with Crippen LogP contribution in [-0.2, 0) is 0 Å². The van der Waals surface area contributed by atoms with Crippen LogP contribution in [0.1, 0.15) is 58.3 Å². The molecule has 0 aliphatic carbocycles. The largest absolute Gasteiger partial charge is 0.200 e. The monoisotopic (exact) mass is 195 g/mol. The summed E-state index contributed by atoms with van der Waals surface area (Å²) in [5, 5.41) is 3.22. The molecule has 0 N–H and O–H groups in total. The number of hydrogen-bond acceptors (Lipinski definition) is 0. The molecule has 1 fully saturated rings. The first-order chi connectivity index (χ1) is 6.43. The van der Waals surface area contributed by atoms with Crippen molar-refractivity contribution in [3.05, 3.63) is 0 Å². The standard InChI is InChI=1S/C12H24.Al/c1-4-6-7-8-9-10-11-12(3)5-2;/h12H,2-11H2,1H3;. The molecule has 1 atom stereocenters. The van der Waals surface area contributed by atoms with E-state index in [2.05, 4.69) is 6.92 Å². The first-order valence-corrected chi connectivity index (χ1v) is 7.88. The second-order valence-electron chi connectivity index (χ2n) is 4.52. The molecule has 1 heteroatoms. The molecule has 1 unspecified atom stereocenters. The first-order valence-electron chi connectivity index (χ1n) is 6.25. The van der Waals surface area contributed by atoms with Crippen LogP contribution in [0.15, 0.2) is 0 Å². The third-order valence-corrected chi connectivity index (χ3v) is 4.99. The third-order valence-electron chi connectivity index (χ3n) is 3.24. The number of rotatable bonds is 7. The quantitative estimate of drug-likeness (QED) is 0.420. The summed E-state index contributed by atoms with van der Waals surface area (Å²) in [6.07, 6.45) is 12.0. The summed E-state index contributed by atoms with van der Waals surface area (Å²) >= 11 is 0.875. The van der Waals surface area contributed by atoms with Gasteiger partial charge in [0.05, 0.1) is 0 Å². The van der Waals surface area contributed by atoms with Crippen molar-refractivity contribution >= 4 is 15.2 Å². The molecule has 0 amide bonds. The van der Waals surface area contributed by atoms with Gasteiger partial charge in [-0.2, -0.15) is 0 Å². The summed E-state index contributed by atoms with van der Waals surface area (Å²) in [5.41, 5.74) is 0. The smallest absolute Gasteiger partial charge is 0.104 e. The maximum Gasteiger partial charge on any atom is 0.200 e. The van der Waals surface area contributed by atoms with Gasteiger partial charge in [0.15, 0.2) is 15.2 Å². The van der Waals surface area contributed by atoms with Crippen LogP contribution >= 0.6 is 0 Å². The van der Waals surface area contributed by atoms with E-state index in [1.807, 2.05) is 0 Å². The van der Waals surface area contributed by atoms with Crippen molar-refractivity contribution < 1.29 is 0 Å². The van der Waals surface area contributed by atoms with Crippen LogP contribution in [0.3, 0.4) is 0 Å². The van der Waals surface area contributed by atoms with Gasteiger partial charge in [0, 0.05) is 0 Å². The van der Waals surface area contributed by atoms with Gasteiger partial charge >= 0.3 is 0 Å². The highest BCUT2D eigenvalue weighted by atomic mass is 27.1. The Morgan fingerprint density at radius 3 is 2.54 bits per heavy atom. The van der Waals surface area contributed by atoms with E-state index in [4.69, 9.17) is 0 Å². The lowest BCUT2D eigenvalue weighted by atomic mass is 10.00. The van der Waals surface area contributed by atoms with E-state index >= 15 is 0 Å². The SMILES string of the molecule is CCCCCCCCC1C[CH2][Al][CH2]1. The van der Waals surface area contributed by atoms with Gasteiger partial charge in [0.2, 0.25) is 0 Å². The van der Waals surface area contributed by atoms with Gasteiger partial charge in [-0.05, 0) is 0 Å². The van der Waals surface area contributed by atoms with Crippen molar-refractivity contribution in [2.24, 2.45) is 5.92 Å². The Morgan fingerprint density at radius 2 is 1.85 bits per heavy atom. The third kappa shape index (κ3) is 5.76. The summed E-state index contributed by atoms with van der Waals surface area (Å²) in [5.74, 6) is 1.15. The lowest BCUT2D eigenvalue weighted by molar-refractivity contribution is 0.486. The van der Waals surface area contributed by atoms with Gasteiger partial charge in [-0.25, -0.2) is 0 Å². The maximum absolute atomic E-state index is 2.29. The van der Waals surface area contributed by atoms with Crippen LogP contribution in [0.2, 0.25) is 10.6 Å². The molecule has 0 saturated carbocycles. The summed E-state index contributed by atoms with van der Waals surface area (Å²) < 4.78 is 0. The van der Waals surface area contributed by atoms with Gasteiger partial charge in [0.1, 0.15) is 0 Å². The molecule has 1 radical (unpaired) electrons. The average molecular weight is 195 g/mol. The van der Waals surface area contributed by atoms with E-state index in [1.54, 1.807) is 23.4 Å². The highest BCUT2D eigenvalue weighted by molar-refractivity contribution is 6.36. The van der Waals surface area contributed by atoms with Crippen LogP contribution in [-0.4, -0.2) is 15.2 Å². The molecule has 1 rings (SSSR count). The average Bonchev–Trinajstić information content (AvgIpc) is 2.63. The van der Waals surface area contributed by atoms with Crippen LogP contribution in [0.5, 0.6) is 0 Å². The Kier molecular flexibility index (Phi) is 7.05. The second-order valence-corrected chi connectivity index (χ2v) is 6.15. The van der Waals surface area contributed by atoms with E-state index in [0.717, 1.165) is 21.1 Å². The van der Waals surface area contributed by atoms with Gasteiger partial charge < -0.3 is 0 Å². The summed E-state index contributed by atoms with van der Waals surface area (Å²) in [4.78, 5) is 0. The van der Waals surface area contributed by atoms with Crippen LogP contribution in [0, 0.1) is 5.92 Å². The Morgan fingerprint density at radius 1 is 1.08 bits per heavy atom. The molecule has 1 saturated heterocycles. The molecule has 13 heavy (non-hydrogen) atoms. The van der Waals surface area contributed by atoms with Crippen molar-refractivity contribution in [2.45, 2.75) is 68.9 Å². The van der Waals surface area contributed by atoms with Gasteiger partial charge in [0.25, 0.3) is 0 Å². The summed E-state index contributed by atoms with van der Waals surface area (Å²) in [6, 6.07) is 0. The minimum Gasteiger partial charge on any atom is -0.104 e. The van der Waals surface area contributed by atoms with E-state index in [1.165, 1.54) is 38.5 Å². The summed E-state index contributed by atoms with van der Waals surface area (Å²) in [6.45, 7) is 2.29. The fourth-order valence-electron chi connectivity index (χ4n) is 2.30. The molecule has 0 aromatic heterocycles. The highest BCUT2D eigenvalue weighted by Crippen LogP contribution is 2.26. The lowest BCUT2D eigenvalue weighted by Gasteiger charge is -2.08. The zero-order valence-electron chi connectivity index (χ0n) is 9.23. The minimum absolute atomic E-state index is 0.875. The normalized spacial score (nSPS) is 21.8. The van der Waals surface area contributed by atoms with E-state index in [-0.39, 0.29) is 0 Å². The predicted molar refractivity (Wildman–Crippen MR) is 61.5 cm³/mol. The van der Waals surface area contributed by atoms with E-state index < -0.39 is 0 Å². The van der Waals surface area contributed by atoms with Crippen molar-refractivity contribution in [1.29, 1.82) is 0 Å². The van der Waals surface area contributed by atoms with E-state index in [0.29, 0.717) is 0 Å². The number of unbranched alkanes of at least 4 members (excludes halogenated alkanes) is 5.